The fourth-order valence-corrected chi connectivity index (χ4v) is 0.625. The van der Waals surface area contributed by atoms with Gasteiger partial charge in [0.15, 0.2) is 6.10 Å². The van der Waals surface area contributed by atoms with E-state index in [2.05, 4.69) is 16.1 Å². The second-order valence-electron chi connectivity index (χ2n) is 2.87. The van der Waals surface area contributed by atoms with Gasteiger partial charge in [-0.25, -0.2) is 14.4 Å². The third kappa shape index (κ3) is 5.14. The van der Waals surface area contributed by atoms with Crippen LogP contribution in [0.4, 0.5) is 0 Å². The summed E-state index contributed by atoms with van der Waals surface area (Å²) in [5.41, 5.74) is 0.124. The lowest BCUT2D eigenvalue weighted by molar-refractivity contribution is -0.170. The highest BCUT2D eigenvalue weighted by molar-refractivity contribution is 6.53. The fraction of sp³-hybridized carbons (Fsp3) is 0.444. The van der Waals surface area contributed by atoms with Gasteiger partial charge in [0.25, 0.3) is 0 Å². The first kappa shape index (κ1) is 14.9. The Labute approximate surface area is 102 Å². The van der Waals surface area contributed by atoms with Crippen LogP contribution < -0.4 is 0 Å². The summed E-state index contributed by atoms with van der Waals surface area (Å²) < 4.78 is 8.81. The van der Waals surface area contributed by atoms with Crippen LogP contribution in [0.25, 0.3) is 0 Å². The highest BCUT2D eigenvalue weighted by Crippen LogP contribution is 2.06. The van der Waals surface area contributed by atoms with E-state index in [-0.39, 0.29) is 5.57 Å². The molecule has 0 aromatic heterocycles. The van der Waals surface area contributed by atoms with Crippen molar-refractivity contribution < 1.29 is 23.9 Å². The van der Waals surface area contributed by atoms with Gasteiger partial charge in [-0.3, -0.25) is 0 Å². The number of alkyl halides is 2. The topological polar surface area (TPSA) is 69.7 Å². The standard InChI is InChI=1S/C9H10Cl2O5/c1-4(2)7(12)15-5(3)8(13)16-9(14)6(10)11/h5-6H,1H2,2-3H3. The van der Waals surface area contributed by atoms with Gasteiger partial charge in [-0.1, -0.05) is 29.8 Å². The molecule has 5 nitrogen and oxygen atoms in total. The van der Waals surface area contributed by atoms with E-state index in [9.17, 15) is 14.4 Å². The number of hydrogen-bond donors (Lipinski definition) is 0. The van der Waals surface area contributed by atoms with E-state index in [1.807, 2.05) is 0 Å². The minimum Gasteiger partial charge on any atom is -0.447 e. The lowest BCUT2D eigenvalue weighted by atomic mass is 10.3. The van der Waals surface area contributed by atoms with Crippen molar-refractivity contribution in [3.05, 3.63) is 12.2 Å². The second-order valence-corrected chi connectivity index (χ2v) is 3.96. The predicted molar refractivity (Wildman–Crippen MR) is 57.0 cm³/mol. The molecule has 0 saturated carbocycles. The minimum atomic E-state index is -1.46. The highest BCUT2D eigenvalue weighted by atomic mass is 35.5. The third-order valence-electron chi connectivity index (χ3n) is 1.34. The number of carbonyl (C=O) groups excluding carboxylic acids is 3. The predicted octanol–water partition coefficient (Wildman–Crippen LogP) is 1.37. The molecule has 0 spiro atoms. The zero-order valence-corrected chi connectivity index (χ0v) is 10.2. The molecule has 0 amide bonds. The van der Waals surface area contributed by atoms with Gasteiger partial charge in [-0.05, 0) is 13.8 Å². The number of carbonyl (C=O) groups is 3. The zero-order chi connectivity index (χ0) is 12.9. The van der Waals surface area contributed by atoms with Crippen molar-refractivity contribution >= 4 is 41.1 Å². The average Bonchev–Trinajstić information content (AvgIpc) is 2.16. The maximum absolute atomic E-state index is 11.1. The Balaban J connectivity index is 4.25. The lowest BCUT2D eigenvalue weighted by Gasteiger charge is -2.11. The van der Waals surface area contributed by atoms with Crippen LogP contribution in [0.5, 0.6) is 0 Å². The molecular weight excluding hydrogens is 259 g/mol. The van der Waals surface area contributed by atoms with E-state index in [1.54, 1.807) is 0 Å². The lowest BCUT2D eigenvalue weighted by Crippen LogP contribution is -2.30. The average molecular weight is 269 g/mol. The molecule has 1 unspecified atom stereocenters. The molecule has 0 aromatic rings. The Morgan fingerprint density at radius 3 is 2.06 bits per heavy atom. The van der Waals surface area contributed by atoms with Crippen LogP contribution in [0.15, 0.2) is 12.2 Å². The molecule has 0 aliphatic heterocycles. The summed E-state index contributed by atoms with van der Waals surface area (Å²) in [6.45, 7) is 5.98. The van der Waals surface area contributed by atoms with Gasteiger partial charge in [-0.2, -0.15) is 0 Å². The van der Waals surface area contributed by atoms with Crippen molar-refractivity contribution in [1.82, 2.24) is 0 Å². The molecule has 0 saturated heterocycles. The number of ether oxygens (including phenoxy) is 2. The van der Waals surface area contributed by atoms with Crippen LogP contribution in [0.3, 0.4) is 0 Å². The van der Waals surface area contributed by atoms with E-state index in [4.69, 9.17) is 23.2 Å². The summed E-state index contributed by atoms with van der Waals surface area (Å²) in [4.78, 5) is 31.5. The number of hydrogen-bond acceptors (Lipinski definition) is 5. The summed E-state index contributed by atoms with van der Waals surface area (Å²) >= 11 is 10.3. The molecule has 0 aliphatic rings. The van der Waals surface area contributed by atoms with E-state index >= 15 is 0 Å². The highest BCUT2D eigenvalue weighted by Gasteiger charge is 2.24. The minimum absolute atomic E-state index is 0.124. The third-order valence-corrected chi connectivity index (χ3v) is 1.70. The molecule has 0 fully saturated rings. The molecule has 16 heavy (non-hydrogen) atoms. The van der Waals surface area contributed by atoms with Gasteiger partial charge < -0.3 is 9.47 Å². The van der Waals surface area contributed by atoms with Gasteiger partial charge in [0, 0.05) is 5.57 Å². The summed E-state index contributed by atoms with van der Waals surface area (Å²) in [7, 11) is 0. The first-order chi connectivity index (χ1) is 7.25. The van der Waals surface area contributed by atoms with E-state index in [0.29, 0.717) is 0 Å². The molecule has 0 rings (SSSR count). The molecule has 0 N–H and O–H groups in total. The maximum Gasteiger partial charge on any atom is 0.354 e. The number of esters is 3. The Morgan fingerprint density at radius 2 is 1.69 bits per heavy atom. The zero-order valence-electron chi connectivity index (χ0n) is 8.66. The molecule has 7 heteroatoms. The normalized spacial score (nSPS) is 11.8. The van der Waals surface area contributed by atoms with E-state index in [1.165, 1.54) is 13.8 Å². The van der Waals surface area contributed by atoms with Crippen molar-refractivity contribution in [2.45, 2.75) is 24.8 Å². The van der Waals surface area contributed by atoms with E-state index in [0.717, 1.165) is 0 Å². The molecule has 0 aliphatic carbocycles. The van der Waals surface area contributed by atoms with Crippen LogP contribution >= 0.6 is 23.2 Å². The van der Waals surface area contributed by atoms with Gasteiger partial charge in [0.05, 0.1) is 0 Å². The van der Waals surface area contributed by atoms with Gasteiger partial charge in [-0.15, -0.1) is 0 Å². The number of halogens is 2. The Kier molecular flexibility index (Phi) is 6.06. The van der Waals surface area contributed by atoms with Crippen LogP contribution in [-0.4, -0.2) is 28.8 Å². The quantitative estimate of drug-likeness (QED) is 0.333. The van der Waals surface area contributed by atoms with Crippen molar-refractivity contribution in [2.24, 2.45) is 0 Å². The van der Waals surface area contributed by atoms with Crippen LogP contribution in [0, 0.1) is 0 Å². The molecule has 0 bridgehead atoms. The van der Waals surface area contributed by atoms with Crippen molar-refractivity contribution in [1.29, 1.82) is 0 Å². The monoisotopic (exact) mass is 268 g/mol. The second kappa shape index (κ2) is 6.50. The molecule has 0 aromatic carbocycles. The van der Waals surface area contributed by atoms with Crippen LogP contribution in [0.1, 0.15) is 13.8 Å². The van der Waals surface area contributed by atoms with E-state index < -0.39 is 28.8 Å². The maximum atomic E-state index is 11.1. The Bertz CT molecular complexity index is 324. The fourth-order valence-electron chi connectivity index (χ4n) is 0.536. The SMILES string of the molecule is C=C(C)C(=O)OC(C)C(=O)OC(=O)C(Cl)Cl. The largest absolute Gasteiger partial charge is 0.447 e. The first-order valence-electron chi connectivity index (χ1n) is 4.16. The smallest absolute Gasteiger partial charge is 0.354 e. The molecule has 0 heterocycles. The Morgan fingerprint density at radius 1 is 1.19 bits per heavy atom. The molecule has 1 atom stereocenters. The van der Waals surface area contributed by atoms with Gasteiger partial charge in [0.2, 0.25) is 4.84 Å². The van der Waals surface area contributed by atoms with Crippen molar-refractivity contribution in [3.63, 3.8) is 0 Å². The molecule has 90 valence electrons. The Hall–Kier alpha value is -1.07. The van der Waals surface area contributed by atoms with Crippen molar-refractivity contribution in [3.8, 4) is 0 Å². The number of rotatable bonds is 4. The summed E-state index contributed by atoms with van der Waals surface area (Å²) in [5, 5.41) is 0. The molecular formula is C9H10Cl2O5. The van der Waals surface area contributed by atoms with Crippen molar-refractivity contribution in [2.75, 3.05) is 0 Å². The van der Waals surface area contributed by atoms with Crippen LogP contribution in [-0.2, 0) is 23.9 Å². The van der Waals surface area contributed by atoms with Crippen LogP contribution in [0.2, 0.25) is 0 Å². The van der Waals surface area contributed by atoms with Gasteiger partial charge in [0.1, 0.15) is 0 Å². The molecule has 0 radical (unpaired) electrons. The first-order valence-corrected chi connectivity index (χ1v) is 5.03. The summed E-state index contributed by atoms with van der Waals surface area (Å²) in [6, 6.07) is 0. The summed E-state index contributed by atoms with van der Waals surface area (Å²) in [6.07, 6.45) is -1.24. The summed E-state index contributed by atoms with van der Waals surface area (Å²) in [5.74, 6) is -2.93. The van der Waals surface area contributed by atoms with Gasteiger partial charge >= 0.3 is 17.9 Å².